The number of halogens is 1. The van der Waals surface area contributed by atoms with Gasteiger partial charge in [0, 0.05) is 54.3 Å². The molecule has 0 amide bonds. The molecule has 0 atom stereocenters. The van der Waals surface area contributed by atoms with Crippen LogP contribution in [0.2, 0.25) is 0 Å². The molecule has 3 aliphatic heterocycles. The normalized spacial score (nSPS) is 23.9. The van der Waals surface area contributed by atoms with Gasteiger partial charge in [-0.3, -0.25) is 4.99 Å². The lowest BCUT2D eigenvalue weighted by molar-refractivity contribution is 0.111. The first kappa shape index (κ1) is 14.6. The average Bonchev–Trinajstić information content (AvgIpc) is 3.13. The zero-order chi connectivity index (χ0) is 16.3. The Balaban J connectivity index is 1.40. The molecule has 1 aromatic rings. The number of benzene rings is 1. The van der Waals surface area contributed by atoms with Crippen LogP contribution in [0, 0.1) is 0 Å². The van der Waals surface area contributed by atoms with E-state index in [1.165, 1.54) is 16.0 Å². The van der Waals surface area contributed by atoms with Gasteiger partial charge in [0.05, 0.1) is 5.71 Å². The van der Waals surface area contributed by atoms with E-state index in [9.17, 15) is 4.39 Å². The van der Waals surface area contributed by atoms with Crippen molar-refractivity contribution in [2.75, 3.05) is 20.1 Å². The topological polar surface area (TPSA) is 18.8 Å². The van der Waals surface area contributed by atoms with E-state index in [1.807, 2.05) is 24.2 Å². The van der Waals surface area contributed by atoms with Gasteiger partial charge in [-0.25, -0.2) is 8.70 Å². The van der Waals surface area contributed by atoms with E-state index in [1.54, 1.807) is 6.08 Å². The number of hydrogen-bond acceptors (Lipinski definition) is 4. The molecule has 1 aliphatic carbocycles. The van der Waals surface area contributed by atoms with E-state index in [-0.39, 0.29) is 5.83 Å². The van der Waals surface area contributed by atoms with Crippen LogP contribution in [0.4, 0.5) is 4.39 Å². The van der Waals surface area contributed by atoms with Gasteiger partial charge in [-0.1, -0.05) is 6.07 Å². The fourth-order valence-corrected chi connectivity index (χ4v) is 4.83. The molecule has 0 spiro atoms. The van der Waals surface area contributed by atoms with Gasteiger partial charge in [-0.2, -0.15) is 0 Å². The van der Waals surface area contributed by atoms with Crippen molar-refractivity contribution in [1.29, 1.82) is 0 Å². The summed E-state index contributed by atoms with van der Waals surface area (Å²) in [4.78, 5) is 8.13. The van der Waals surface area contributed by atoms with Crippen molar-refractivity contribution in [3.05, 3.63) is 59.1 Å². The van der Waals surface area contributed by atoms with Gasteiger partial charge < -0.3 is 4.90 Å². The highest BCUT2D eigenvalue weighted by Gasteiger charge is 2.34. The van der Waals surface area contributed by atoms with Crippen LogP contribution in [0.1, 0.15) is 17.5 Å². The summed E-state index contributed by atoms with van der Waals surface area (Å²) in [5.41, 5.74) is 5.60. The van der Waals surface area contributed by atoms with Crippen molar-refractivity contribution in [2.45, 2.75) is 23.9 Å². The summed E-state index contributed by atoms with van der Waals surface area (Å²) >= 11 is 1.88. The van der Waals surface area contributed by atoms with Gasteiger partial charge in [-0.05, 0) is 54.4 Å². The number of likely N-dealkylation sites (tertiary alicyclic amines) is 1. The van der Waals surface area contributed by atoms with Crippen molar-refractivity contribution < 1.29 is 4.39 Å². The summed E-state index contributed by atoms with van der Waals surface area (Å²) in [5.74, 6) is -0.112. The van der Waals surface area contributed by atoms with Gasteiger partial charge in [-0.15, -0.1) is 0 Å². The van der Waals surface area contributed by atoms with E-state index in [0.717, 1.165) is 36.5 Å². The van der Waals surface area contributed by atoms with Crippen LogP contribution in [0.3, 0.4) is 0 Å². The first-order chi connectivity index (χ1) is 11.7. The lowest BCUT2D eigenvalue weighted by Gasteiger charge is -2.41. The van der Waals surface area contributed by atoms with Crippen molar-refractivity contribution in [3.63, 3.8) is 0 Å². The molecule has 24 heavy (non-hydrogen) atoms. The average molecular weight is 339 g/mol. The van der Waals surface area contributed by atoms with Crippen LogP contribution >= 0.6 is 11.9 Å². The van der Waals surface area contributed by atoms with Crippen LogP contribution in [-0.2, 0) is 6.54 Å². The van der Waals surface area contributed by atoms with Gasteiger partial charge in [0.25, 0.3) is 0 Å². The molecule has 1 aromatic carbocycles. The first-order valence-corrected chi connectivity index (χ1v) is 9.05. The highest BCUT2D eigenvalue weighted by atomic mass is 32.2. The minimum Gasteiger partial charge on any atom is -0.303 e. The monoisotopic (exact) mass is 339 g/mol. The molecule has 3 heterocycles. The molecule has 1 saturated heterocycles. The molecule has 0 unspecified atom stereocenters. The van der Waals surface area contributed by atoms with E-state index in [0.29, 0.717) is 12.5 Å². The van der Waals surface area contributed by atoms with E-state index < -0.39 is 0 Å². The quantitative estimate of drug-likeness (QED) is 0.764. The molecule has 3 nitrogen and oxygen atoms in total. The maximum Gasteiger partial charge on any atom is 0.106 e. The standard InChI is InChI=1S/C19H18FN3S/c1-22-10-15(11-22)23-9-13-6-12(2-5-19(13)24-23)17-8-21-18-7-14(20)3-4-16(17)18/h2-6,8,15H,7,9-11H2,1H3. The second-order valence-corrected chi connectivity index (χ2v) is 7.94. The maximum absolute atomic E-state index is 13.4. The number of aliphatic imine (C=N–C) groups is 1. The van der Waals surface area contributed by atoms with Crippen molar-refractivity contribution >= 4 is 23.2 Å². The molecule has 5 rings (SSSR count). The summed E-state index contributed by atoms with van der Waals surface area (Å²) in [6, 6.07) is 7.33. The lowest BCUT2D eigenvalue weighted by Crippen LogP contribution is -2.54. The van der Waals surface area contributed by atoms with Crippen LogP contribution in [-0.4, -0.2) is 41.1 Å². The van der Waals surface area contributed by atoms with Gasteiger partial charge in [0.2, 0.25) is 0 Å². The minimum absolute atomic E-state index is 0.112. The maximum atomic E-state index is 13.4. The predicted octanol–water partition coefficient (Wildman–Crippen LogP) is 3.80. The molecule has 0 saturated carbocycles. The summed E-state index contributed by atoms with van der Waals surface area (Å²) < 4.78 is 15.9. The first-order valence-electron chi connectivity index (χ1n) is 8.28. The highest BCUT2D eigenvalue weighted by molar-refractivity contribution is 7.97. The Morgan fingerprint density at radius 2 is 2.08 bits per heavy atom. The largest absolute Gasteiger partial charge is 0.303 e. The number of rotatable bonds is 2. The van der Waals surface area contributed by atoms with Crippen molar-refractivity contribution in [1.82, 2.24) is 9.21 Å². The van der Waals surface area contributed by atoms with Gasteiger partial charge >= 0.3 is 0 Å². The third-order valence-electron chi connectivity index (χ3n) is 5.08. The second kappa shape index (κ2) is 5.41. The Morgan fingerprint density at radius 1 is 1.21 bits per heavy atom. The molecule has 4 aliphatic rings. The number of allylic oxidation sites excluding steroid dienone is 5. The number of fused-ring (bicyclic) bond motifs is 2. The summed E-state index contributed by atoms with van der Waals surface area (Å²) in [7, 11) is 2.17. The van der Waals surface area contributed by atoms with Crippen LogP contribution in [0.5, 0.6) is 0 Å². The number of nitrogens with zero attached hydrogens (tertiary/aromatic N) is 3. The Labute approximate surface area is 145 Å². The molecule has 0 aromatic heterocycles. The SMILES string of the molecule is CN1CC(N2Cc3cc(C4=CN=C5CC(F)=CC=C45)ccc3S2)C1. The Hall–Kier alpha value is -1.69. The molecular formula is C19H18FN3S. The van der Waals surface area contributed by atoms with E-state index >= 15 is 0 Å². The number of hydrogen-bond donors (Lipinski definition) is 0. The molecule has 0 radical (unpaired) electrons. The van der Waals surface area contributed by atoms with Crippen LogP contribution < -0.4 is 0 Å². The van der Waals surface area contributed by atoms with E-state index in [2.05, 4.69) is 39.4 Å². The second-order valence-electron chi connectivity index (χ2n) is 6.85. The molecular weight excluding hydrogens is 321 g/mol. The minimum atomic E-state index is -0.112. The number of likely N-dealkylation sites (N-methyl/N-ethyl adjacent to an activating group) is 1. The molecule has 5 heteroatoms. The third kappa shape index (κ3) is 2.31. The fourth-order valence-electron chi connectivity index (χ4n) is 3.72. The zero-order valence-electron chi connectivity index (χ0n) is 13.5. The summed E-state index contributed by atoms with van der Waals surface area (Å²) in [6.45, 7) is 3.31. The van der Waals surface area contributed by atoms with Gasteiger partial charge in [0.15, 0.2) is 0 Å². The Kier molecular flexibility index (Phi) is 3.30. The Morgan fingerprint density at radius 3 is 2.92 bits per heavy atom. The molecule has 0 N–H and O–H groups in total. The smallest absolute Gasteiger partial charge is 0.106 e. The fraction of sp³-hybridized carbons (Fsp3) is 0.316. The molecule has 0 bridgehead atoms. The predicted molar refractivity (Wildman–Crippen MR) is 96.4 cm³/mol. The van der Waals surface area contributed by atoms with Crippen LogP contribution in [0.15, 0.2) is 57.8 Å². The third-order valence-corrected chi connectivity index (χ3v) is 6.34. The summed E-state index contributed by atoms with van der Waals surface area (Å²) in [5, 5.41) is 0. The molecule has 122 valence electrons. The lowest BCUT2D eigenvalue weighted by atomic mass is 9.92. The summed E-state index contributed by atoms with van der Waals surface area (Å²) in [6.07, 6.45) is 5.62. The Bertz CT molecular complexity index is 846. The van der Waals surface area contributed by atoms with E-state index in [4.69, 9.17) is 0 Å². The van der Waals surface area contributed by atoms with Gasteiger partial charge in [0.1, 0.15) is 5.83 Å². The zero-order valence-corrected chi connectivity index (χ0v) is 14.3. The highest BCUT2D eigenvalue weighted by Crippen LogP contribution is 2.42. The van der Waals surface area contributed by atoms with Crippen molar-refractivity contribution in [3.8, 4) is 0 Å². The van der Waals surface area contributed by atoms with Crippen molar-refractivity contribution in [2.24, 2.45) is 4.99 Å². The van der Waals surface area contributed by atoms with Crippen LogP contribution in [0.25, 0.3) is 5.57 Å². The molecule has 1 fully saturated rings.